The Labute approximate surface area is 59.3 Å². The molecule has 0 aliphatic rings. The van der Waals surface area contributed by atoms with Crippen LogP contribution in [0.25, 0.3) is 0 Å². The van der Waals surface area contributed by atoms with Crippen molar-refractivity contribution in [1.82, 2.24) is 5.32 Å². The van der Waals surface area contributed by atoms with Crippen LogP contribution in [0.2, 0.25) is 0 Å². The normalized spacial score (nSPS) is 10.8. The van der Waals surface area contributed by atoms with E-state index in [1.807, 2.05) is 0 Å². The molecule has 5 nitrogen and oxygen atoms in total. The number of amides is 1. The summed E-state index contributed by atoms with van der Waals surface area (Å²) in [6, 6.07) is 0. The van der Waals surface area contributed by atoms with Crippen molar-refractivity contribution in [3.8, 4) is 0 Å². The quantitative estimate of drug-likeness (QED) is 0.392. The van der Waals surface area contributed by atoms with Crippen LogP contribution in [0.4, 0.5) is 4.79 Å². The van der Waals surface area contributed by atoms with E-state index >= 15 is 0 Å². The molecule has 0 aliphatic carbocycles. The molecule has 0 unspecified atom stereocenters. The highest BCUT2D eigenvalue weighted by Crippen LogP contribution is 1.73. The predicted molar refractivity (Wildman–Crippen MR) is 37.7 cm³/mol. The summed E-state index contributed by atoms with van der Waals surface area (Å²) in [7, 11) is 1.47. The van der Waals surface area contributed by atoms with E-state index in [0.29, 0.717) is 6.61 Å². The maximum absolute atomic E-state index is 10.5. The molecule has 5 heteroatoms. The van der Waals surface area contributed by atoms with E-state index in [1.54, 1.807) is 6.92 Å². The summed E-state index contributed by atoms with van der Waals surface area (Å²) in [6.45, 7) is 2.03. The zero-order chi connectivity index (χ0) is 7.98. The fraction of sp³-hybridized carbons (Fsp3) is 0.600. The Morgan fingerprint density at radius 1 is 1.80 bits per heavy atom. The Morgan fingerprint density at radius 3 is 2.80 bits per heavy atom. The first-order valence-corrected chi connectivity index (χ1v) is 2.86. The van der Waals surface area contributed by atoms with E-state index in [9.17, 15) is 4.79 Å². The summed E-state index contributed by atoms with van der Waals surface area (Å²) in [6.07, 6.45) is -0.578. The van der Waals surface area contributed by atoms with Crippen LogP contribution in [0.1, 0.15) is 6.92 Å². The van der Waals surface area contributed by atoms with Crippen molar-refractivity contribution in [2.75, 3.05) is 13.7 Å². The lowest BCUT2D eigenvalue weighted by atomic mass is 10.8. The number of hydrogen-bond acceptors (Lipinski definition) is 3. The van der Waals surface area contributed by atoms with Crippen molar-refractivity contribution in [2.24, 2.45) is 10.7 Å². The van der Waals surface area contributed by atoms with Gasteiger partial charge in [-0.1, -0.05) is 0 Å². The Morgan fingerprint density at radius 2 is 2.40 bits per heavy atom. The van der Waals surface area contributed by atoms with Crippen LogP contribution in [0.15, 0.2) is 4.99 Å². The lowest BCUT2D eigenvalue weighted by molar-refractivity contribution is 0.157. The first kappa shape index (κ1) is 8.74. The number of nitrogens with zero attached hydrogens (tertiary/aromatic N) is 1. The molecule has 58 valence electrons. The molecule has 0 aromatic rings. The van der Waals surface area contributed by atoms with Gasteiger partial charge in [-0.25, -0.2) is 4.79 Å². The first-order chi connectivity index (χ1) is 4.70. The lowest BCUT2D eigenvalue weighted by Crippen LogP contribution is -2.36. The molecule has 0 aromatic heterocycles. The van der Waals surface area contributed by atoms with Crippen molar-refractivity contribution in [1.29, 1.82) is 0 Å². The second-order valence-electron chi connectivity index (χ2n) is 1.45. The van der Waals surface area contributed by atoms with Crippen LogP contribution >= 0.6 is 0 Å². The molecule has 0 aliphatic heterocycles. The summed E-state index contributed by atoms with van der Waals surface area (Å²) < 4.78 is 4.50. The molecule has 10 heavy (non-hydrogen) atoms. The van der Waals surface area contributed by atoms with Crippen LogP contribution in [0, 0.1) is 0 Å². The Hall–Kier alpha value is -1.26. The minimum Gasteiger partial charge on any atom is -0.450 e. The minimum atomic E-state index is -0.578. The summed E-state index contributed by atoms with van der Waals surface area (Å²) in [5.74, 6) is 0.0541. The van der Waals surface area contributed by atoms with Gasteiger partial charge in [0.05, 0.1) is 6.61 Å². The van der Waals surface area contributed by atoms with E-state index in [1.165, 1.54) is 7.05 Å². The maximum Gasteiger partial charge on any atom is 0.413 e. The Kier molecular flexibility index (Phi) is 4.02. The van der Waals surface area contributed by atoms with Gasteiger partial charge in [0.25, 0.3) is 0 Å². The van der Waals surface area contributed by atoms with Gasteiger partial charge < -0.3 is 10.5 Å². The number of carbonyl (C=O) groups excluding carboxylic acids is 1. The molecule has 0 saturated carbocycles. The highest BCUT2D eigenvalue weighted by atomic mass is 16.5. The Balaban J connectivity index is 3.58. The zero-order valence-corrected chi connectivity index (χ0v) is 6.05. The van der Waals surface area contributed by atoms with Crippen molar-refractivity contribution in [3.63, 3.8) is 0 Å². The highest BCUT2D eigenvalue weighted by molar-refractivity contribution is 5.92. The Bertz CT molecular complexity index is 144. The molecule has 1 amide bonds. The van der Waals surface area contributed by atoms with E-state index in [-0.39, 0.29) is 5.96 Å². The second-order valence-corrected chi connectivity index (χ2v) is 1.45. The fourth-order valence-electron chi connectivity index (χ4n) is 0.328. The summed E-state index contributed by atoms with van der Waals surface area (Å²) in [5, 5.41) is 2.20. The summed E-state index contributed by atoms with van der Waals surface area (Å²) >= 11 is 0. The monoisotopic (exact) mass is 145 g/mol. The smallest absolute Gasteiger partial charge is 0.413 e. The van der Waals surface area contributed by atoms with E-state index < -0.39 is 6.09 Å². The summed E-state index contributed by atoms with van der Waals surface area (Å²) in [5.41, 5.74) is 5.14. The number of nitrogens with one attached hydrogen (secondary N) is 1. The van der Waals surface area contributed by atoms with Gasteiger partial charge >= 0.3 is 6.09 Å². The first-order valence-electron chi connectivity index (χ1n) is 2.86. The van der Waals surface area contributed by atoms with E-state index in [2.05, 4.69) is 15.0 Å². The summed E-state index contributed by atoms with van der Waals surface area (Å²) in [4.78, 5) is 14.0. The van der Waals surface area contributed by atoms with Gasteiger partial charge in [-0.2, -0.15) is 0 Å². The molecule has 3 N–H and O–H groups in total. The minimum absolute atomic E-state index is 0.0541. The molecule has 0 atom stereocenters. The SMILES string of the molecule is CCOC(=O)NC(N)=NC. The van der Waals surface area contributed by atoms with Crippen LogP contribution in [-0.4, -0.2) is 25.7 Å². The second kappa shape index (κ2) is 4.60. The number of hydrogen-bond donors (Lipinski definition) is 2. The van der Waals surface area contributed by atoms with Gasteiger partial charge in [-0.05, 0) is 6.92 Å². The third-order valence-corrected chi connectivity index (χ3v) is 0.746. The average molecular weight is 145 g/mol. The van der Waals surface area contributed by atoms with Crippen molar-refractivity contribution in [2.45, 2.75) is 6.92 Å². The third kappa shape index (κ3) is 3.71. The number of ether oxygens (including phenoxy) is 1. The van der Waals surface area contributed by atoms with Crippen molar-refractivity contribution >= 4 is 12.1 Å². The van der Waals surface area contributed by atoms with Crippen LogP contribution in [0.3, 0.4) is 0 Å². The van der Waals surface area contributed by atoms with Gasteiger partial charge in [0, 0.05) is 7.05 Å². The molecule has 0 spiro atoms. The molecule has 0 aromatic carbocycles. The molecule has 0 radical (unpaired) electrons. The number of nitrogens with two attached hydrogens (primary N) is 1. The van der Waals surface area contributed by atoms with Crippen LogP contribution < -0.4 is 11.1 Å². The topological polar surface area (TPSA) is 76.7 Å². The zero-order valence-electron chi connectivity index (χ0n) is 6.05. The molecular formula is C5H11N3O2. The average Bonchev–Trinajstić information content (AvgIpc) is 1.88. The number of alkyl carbamates (subject to hydrolysis) is 1. The van der Waals surface area contributed by atoms with Crippen LogP contribution in [0.5, 0.6) is 0 Å². The van der Waals surface area contributed by atoms with Gasteiger partial charge in [0.1, 0.15) is 0 Å². The van der Waals surface area contributed by atoms with E-state index in [0.717, 1.165) is 0 Å². The number of rotatable bonds is 1. The van der Waals surface area contributed by atoms with Crippen molar-refractivity contribution in [3.05, 3.63) is 0 Å². The predicted octanol–water partition coefficient (Wildman–Crippen LogP) is -0.323. The molecule has 0 saturated heterocycles. The number of aliphatic imine (C=N–C) groups is 1. The number of guanidine groups is 1. The van der Waals surface area contributed by atoms with Crippen LogP contribution in [-0.2, 0) is 4.74 Å². The number of carbonyl (C=O) groups is 1. The van der Waals surface area contributed by atoms with Gasteiger partial charge in [0.15, 0.2) is 5.96 Å². The molecular weight excluding hydrogens is 134 g/mol. The fourth-order valence-corrected chi connectivity index (χ4v) is 0.328. The third-order valence-electron chi connectivity index (χ3n) is 0.746. The largest absolute Gasteiger partial charge is 0.450 e. The van der Waals surface area contributed by atoms with Gasteiger partial charge in [-0.3, -0.25) is 10.3 Å². The molecule has 0 rings (SSSR count). The molecule has 0 bridgehead atoms. The highest BCUT2D eigenvalue weighted by Gasteiger charge is 1.99. The lowest BCUT2D eigenvalue weighted by Gasteiger charge is -2.01. The standard InChI is InChI=1S/C5H11N3O2/c1-3-10-5(9)8-4(6)7-2/h3H2,1-2H3,(H3,6,7,8,9). The van der Waals surface area contributed by atoms with Crippen molar-refractivity contribution < 1.29 is 9.53 Å². The van der Waals surface area contributed by atoms with E-state index in [4.69, 9.17) is 5.73 Å². The maximum atomic E-state index is 10.5. The molecule has 0 fully saturated rings. The molecule has 0 heterocycles. The van der Waals surface area contributed by atoms with Gasteiger partial charge in [0.2, 0.25) is 0 Å². The van der Waals surface area contributed by atoms with Gasteiger partial charge in [-0.15, -0.1) is 0 Å².